The smallest absolute Gasteiger partial charge is 0.326 e. The Kier molecular flexibility index (Phi) is 3.98. The van der Waals surface area contributed by atoms with Crippen LogP contribution in [0.15, 0.2) is 21.9 Å². The Bertz CT molecular complexity index is 706. The Morgan fingerprint density at radius 1 is 1.50 bits per heavy atom. The third-order valence-corrected chi connectivity index (χ3v) is 4.60. The van der Waals surface area contributed by atoms with E-state index in [0.29, 0.717) is 24.4 Å². The fraction of sp³-hybridized carbons (Fsp3) is 0.400. The molecule has 1 atom stereocenters. The Morgan fingerprint density at radius 2 is 2.32 bits per heavy atom. The van der Waals surface area contributed by atoms with Gasteiger partial charge in [0.05, 0.1) is 12.1 Å². The van der Waals surface area contributed by atoms with Crippen molar-refractivity contribution in [2.24, 2.45) is 0 Å². The summed E-state index contributed by atoms with van der Waals surface area (Å²) >= 11 is 1.42. The van der Waals surface area contributed by atoms with E-state index in [-0.39, 0.29) is 12.3 Å². The quantitative estimate of drug-likeness (QED) is 0.934. The lowest BCUT2D eigenvalue weighted by Gasteiger charge is -2.20. The number of amides is 1. The summed E-state index contributed by atoms with van der Waals surface area (Å²) in [5.74, 6) is 0.378. The van der Waals surface area contributed by atoms with Gasteiger partial charge in [0.25, 0.3) is 0 Å². The highest BCUT2D eigenvalue weighted by Crippen LogP contribution is 2.26. The maximum atomic E-state index is 12.3. The first-order valence-corrected chi connectivity index (χ1v) is 7.96. The van der Waals surface area contributed by atoms with Gasteiger partial charge >= 0.3 is 5.97 Å². The van der Waals surface area contributed by atoms with Crippen LogP contribution in [-0.2, 0) is 16.0 Å². The Morgan fingerprint density at radius 3 is 3.00 bits per heavy atom. The van der Waals surface area contributed by atoms with Crippen LogP contribution in [-0.4, -0.2) is 39.5 Å². The molecule has 1 fully saturated rings. The second kappa shape index (κ2) is 5.92. The largest absolute Gasteiger partial charge is 0.480 e. The van der Waals surface area contributed by atoms with Gasteiger partial charge in [-0.05, 0) is 31.9 Å². The summed E-state index contributed by atoms with van der Waals surface area (Å²) < 4.78 is 5.51. The summed E-state index contributed by atoms with van der Waals surface area (Å²) in [5, 5.41) is 11.7. The van der Waals surface area contributed by atoms with Crippen LogP contribution in [0.2, 0.25) is 0 Å². The maximum Gasteiger partial charge on any atom is 0.326 e. The van der Waals surface area contributed by atoms with E-state index in [9.17, 15) is 9.59 Å². The number of aliphatic carboxylic acids is 1. The number of carboxylic acids is 1. The van der Waals surface area contributed by atoms with E-state index in [1.54, 1.807) is 0 Å². The highest BCUT2D eigenvalue weighted by molar-refractivity contribution is 7.13. The second-order valence-corrected chi connectivity index (χ2v) is 6.17. The summed E-state index contributed by atoms with van der Waals surface area (Å²) in [6.45, 7) is 2.37. The number of carbonyl (C=O) groups excluding carboxylic acids is 1. The molecule has 0 bridgehead atoms. The third kappa shape index (κ3) is 2.89. The Labute approximate surface area is 131 Å². The number of aryl methyl sites for hydroxylation is 1. The molecule has 1 aliphatic heterocycles. The number of rotatable bonds is 4. The van der Waals surface area contributed by atoms with E-state index < -0.39 is 12.0 Å². The lowest BCUT2D eigenvalue weighted by Crippen LogP contribution is -2.41. The summed E-state index contributed by atoms with van der Waals surface area (Å²) in [4.78, 5) is 29.3. The van der Waals surface area contributed by atoms with Crippen molar-refractivity contribution in [1.29, 1.82) is 0 Å². The van der Waals surface area contributed by atoms with Crippen molar-refractivity contribution in [2.45, 2.75) is 32.2 Å². The van der Waals surface area contributed by atoms with Gasteiger partial charge in [0.15, 0.2) is 10.8 Å². The fourth-order valence-corrected chi connectivity index (χ4v) is 3.41. The molecule has 1 aliphatic rings. The SMILES string of the molecule is Cc1ccc(-c2nc(CC(=O)N3CCC[C@@H]3C(=O)O)cs2)o1. The van der Waals surface area contributed by atoms with Gasteiger partial charge in [-0.3, -0.25) is 4.79 Å². The second-order valence-electron chi connectivity index (χ2n) is 5.31. The molecule has 0 spiro atoms. The monoisotopic (exact) mass is 320 g/mol. The molecular formula is C15H16N2O4S. The van der Waals surface area contributed by atoms with Crippen molar-refractivity contribution in [3.8, 4) is 10.8 Å². The van der Waals surface area contributed by atoms with E-state index >= 15 is 0 Å². The van der Waals surface area contributed by atoms with Crippen molar-refractivity contribution in [3.63, 3.8) is 0 Å². The number of carboxylic acid groups (broad SMARTS) is 1. The number of aromatic nitrogens is 1. The van der Waals surface area contributed by atoms with Crippen LogP contribution in [0, 0.1) is 6.92 Å². The maximum absolute atomic E-state index is 12.3. The minimum atomic E-state index is -0.934. The van der Waals surface area contributed by atoms with E-state index in [2.05, 4.69) is 4.98 Å². The van der Waals surface area contributed by atoms with Crippen LogP contribution in [0.4, 0.5) is 0 Å². The van der Waals surface area contributed by atoms with E-state index in [4.69, 9.17) is 9.52 Å². The van der Waals surface area contributed by atoms with Gasteiger partial charge in [0.1, 0.15) is 11.8 Å². The zero-order chi connectivity index (χ0) is 15.7. The molecule has 7 heteroatoms. The molecule has 22 heavy (non-hydrogen) atoms. The van der Waals surface area contributed by atoms with E-state index in [1.165, 1.54) is 16.2 Å². The topological polar surface area (TPSA) is 83.6 Å². The number of hydrogen-bond donors (Lipinski definition) is 1. The first-order valence-electron chi connectivity index (χ1n) is 7.08. The van der Waals surface area contributed by atoms with Gasteiger partial charge in [-0.15, -0.1) is 11.3 Å². The van der Waals surface area contributed by atoms with Crippen molar-refractivity contribution in [2.75, 3.05) is 6.54 Å². The number of furan rings is 1. The first-order chi connectivity index (χ1) is 10.5. The molecule has 6 nitrogen and oxygen atoms in total. The summed E-state index contributed by atoms with van der Waals surface area (Å²) in [6, 6.07) is 3.02. The average Bonchev–Trinajstić information content (AvgIpc) is 3.16. The van der Waals surface area contributed by atoms with Gasteiger partial charge < -0.3 is 14.4 Å². The van der Waals surface area contributed by atoms with Crippen molar-refractivity contribution >= 4 is 23.2 Å². The molecule has 0 aromatic carbocycles. The number of likely N-dealkylation sites (tertiary alicyclic amines) is 1. The lowest BCUT2D eigenvalue weighted by molar-refractivity contribution is -0.148. The molecule has 3 rings (SSSR count). The molecule has 116 valence electrons. The molecule has 0 radical (unpaired) electrons. The number of nitrogens with zero attached hydrogens (tertiary/aromatic N) is 2. The molecule has 0 aliphatic carbocycles. The minimum Gasteiger partial charge on any atom is -0.480 e. The average molecular weight is 320 g/mol. The lowest BCUT2D eigenvalue weighted by atomic mass is 10.2. The Balaban J connectivity index is 1.70. The molecule has 2 aromatic heterocycles. The molecule has 1 N–H and O–H groups in total. The van der Waals surface area contributed by atoms with E-state index in [0.717, 1.165) is 17.2 Å². The molecule has 1 amide bonds. The predicted molar refractivity (Wildman–Crippen MR) is 80.6 cm³/mol. The number of carbonyl (C=O) groups is 2. The van der Waals surface area contributed by atoms with Crippen LogP contribution in [0.1, 0.15) is 24.3 Å². The summed E-state index contributed by atoms with van der Waals surface area (Å²) in [7, 11) is 0. The van der Waals surface area contributed by atoms with Crippen LogP contribution in [0.5, 0.6) is 0 Å². The standard InChI is InChI=1S/C15H16N2O4S/c1-9-4-5-12(21-9)14-16-10(8-22-14)7-13(18)17-6-2-3-11(17)15(19)20/h4-5,8,11H,2-3,6-7H2,1H3,(H,19,20)/t11-/m1/s1. The summed E-state index contributed by atoms with van der Waals surface area (Å²) in [6.07, 6.45) is 1.38. The Hall–Kier alpha value is -2.15. The van der Waals surface area contributed by atoms with Crippen LogP contribution >= 0.6 is 11.3 Å². The fourth-order valence-electron chi connectivity index (χ4n) is 2.63. The zero-order valence-corrected chi connectivity index (χ0v) is 12.9. The van der Waals surface area contributed by atoms with Gasteiger partial charge in [0.2, 0.25) is 5.91 Å². The number of hydrogen-bond acceptors (Lipinski definition) is 5. The van der Waals surface area contributed by atoms with Crippen molar-refractivity contribution in [1.82, 2.24) is 9.88 Å². The molecule has 3 heterocycles. The zero-order valence-electron chi connectivity index (χ0n) is 12.1. The highest BCUT2D eigenvalue weighted by Gasteiger charge is 2.33. The molecule has 0 saturated carbocycles. The van der Waals surface area contributed by atoms with Gasteiger partial charge in [0, 0.05) is 11.9 Å². The van der Waals surface area contributed by atoms with Crippen LogP contribution < -0.4 is 0 Å². The molecule has 0 unspecified atom stereocenters. The van der Waals surface area contributed by atoms with Crippen LogP contribution in [0.25, 0.3) is 10.8 Å². The van der Waals surface area contributed by atoms with E-state index in [1.807, 2.05) is 24.4 Å². The third-order valence-electron chi connectivity index (χ3n) is 3.69. The van der Waals surface area contributed by atoms with Gasteiger partial charge in [-0.2, -0.15) is 0 Å². The van der Waals surface area contributed by atoms with Crippen molar-refractivity contribution in [3.05, 3.63) is 29.0 Å². The van der Waals surface area contributed by atoms with Crippen LogP contribution in [0.3, 0.4) is 0 Å². The van der Waals surface area contributed by atoms with Gasteiger partial charge in [-0.1, -0.05) is 0 Å². The minimum absolute atomic E-state index is 0.125. The number of thiazole rings is 1. The highest BCUT2D eigenvalue weighted by atomic mass is 32.1. The predicted octanol–water partition coefficient (Wildman–Crippen LogP) is 2.33. The molecule has 1 saturated heterocycles. The normalized spacial score (nSPS) is 17.9. The molecular weight excluding hydrogens is 304 g/mol. The molecule has 2 aromatic rings. The van der Waals surface area contributed by atoms with Crippen molar-refractivity contribution < 1.29 is 19.1 Å². The first kappa shape index (κ1) is 14.8. The summed E-state index contributed by atoms with van der Waals surface area (Å²) in [5.41, 5.74) is 0.648. The van der Waals surface area contributed by atoms with Gasteiger partial charge in [-0.25, -0.2) is 9.78 Å².